The van der Waals surface area contributed by atoms with E-state index in [2.05, 4.69) is 11.4 Å². The summed E-state index contributed by atoms with van der Waals surface area (Å²) < 4.78 is 11.6. The van der Waals surface area contributed by atoms with Crippen LogP contribution in [0.25, 0.3) is 0 Å². The number of hydrogen-bond acceptors (Lipinski definition) is 5. The zero-order valence-corrected chi connectivity index (χ0v) is 14.0. The highest BCUT2D eigenvalue weighted by molar-refractivity contribution is 5.59. The van der Waals surface area contributed by atoms with Crippen molar-refractivity contribution in [2.75, 3.05) is 19.0 Å². The van der Waals surface area contributed by atoms with E-state index in [9.17, 15) is 10.1 Å². The molecule has 0 unspecified atom stereocenters. The number of para-hydroxylation sites is 1. The van der Waals surface area contributed by atoms with E-state index in [0.717, 1.165) is 36.3 Å². The van der Waals surface area contributed by atoms with Crippen LogP contribution in [0.3, 0.4) is 0 Å². The Bertz CT molecular complexity index is 808. The number of hydrogen-bond donors (Lipinski definition) is 1. The smallest absolute Gasteiger partial charge is 0.270 e. The highest BCUT2D eigenvalue weighted by atomic mass is 16.6. The number of benzene rings is 2. The lowest BCUT2D eigenvalue weighted by molar-refractivity contribution is -0.385. The predicted octanol–water partition coefficient (Wildman–Crippen LogP) is 4.24. The van der Waals surface area contributed by atoms with Crippen molar-refractivity contribution in [3.63, 3.8) is 0 Å². The van der Waals surface area contributed by atoms with Crippen LogP contribution in [0.5, 0.6) is 5.75 Å². The first-order chi connectivity index (χ1) is 12.2. The molecular formula is C19H20N2O4. The summed E-state index contributed by atoms with van der Waals surface area (Å²) in [6, 6.07) is 12.8. The van der Waals surface area contributed by atoms with Gasteiger partial charge in [0.25, 0.3) is 5.69 Å². The molecule has 0 amide bonds. The number of fused-ring (bicyclic) bond motifs is 3. The van der Waals surface area contributed by atoms with Gasteiger partial charge in [-0.05, 0) is 25.0 Å². The van der Waals surface area contributed by atoms with E-state index in [0.29, 0.717) is 5.75 Å². The van der Waals surface area contributed by atoms with Gasteiger partial charge in [0.05, 0.1) is 24.2 Å². The summed E-state index contributed by atoms with van der Waals surface area (Å²) in [6.45, 7) is 0.744. The van der Waals surface area contributed by atoms with Crippen LogP contribution in [0.2, 0.25) is 0 Å². The molecule has 0 saturated carbocycles. The van der Waals surface area contributed by atoms with E-state index in [4.69, 9.17) is 9.47 Å². The molecule has 6 heteroatoms. The maximum atomic E-state index is 11.2. The fraction of sp³-hybridized carbons (Fsp3) is 0.368. The molecule has 2 aromatic carbocycles. The predicted molar refractivity (Wildman–Crippen MR) is 93.9 cm³/mol. The molecule has 6 nitrogen and oxygen atoms in total. The molecule has 1 saturated heterocycles. The molecule has 25 heavy (non-hydrogen) atoms. The number of anilines is 1. The van der Waals surface area contributed by atoms with Gasteiger partial charge in [0.1, 0.15) is 5.75 Å². The van der Waals surface area contributed by atoms with E-state index >= 15 is 0 Å². The minimum atomic E-state index is -0.367. The van der Waals surface area contributed by atoms with Crippen LogP contribution in [0.4, 0.5) is 11.4 Å². The van der Waals surface area contributed by atoms with Crippen molar-refractivity contribution in [3.05, 3.63) is 63.7 Å². The topological polar surface area (TPSA) is 73.6 Å². The summed E-state index contributed by atoms with van der Waals surface area (Å²) in [6.07, 6.45) is 1.99. The van der Waals surface area contributed by atoms with Gasteiger partial charge in [-0.2, -0.15) is 0 Å². The Morgan fingerprint density at radius 3 is 2.88 bits per heavy atom. The van der Waals surface area contributed by atoms with E-state index < -0.39 is 0 Å². The molecule has 0 aromatic heterocycles. The van der Waals surface area contributed by atoms with Gasteiger partial charge in [-0.3, -0.25) is 10.1 Å². The lowest BCUT2D eigenvalue weighted by Crippen LogP contribution is -2.36. The normalized spacial score (nSPS) is 24.6. The molecule has 0 spiro atoms. The number of nitrogens with zero attached hydrogens (tertiary/aromatic N) is 1. The molecule has 2 heterocycles. The lowest BCUT2D eigenvalue weighted by atomic mass is 9.77. The Kier molecular flexibility index (Phi) is 4.05. The lowest BCUT2D eigenvalue weighted by Gasteiger charge is -2.43. The van der Waals surface area contributed by atoms with Gasteiger partial charge in [0.2, 0.25) is 0 Å². The van der Waals surface area contributed by atoms with Gasteiger partial charge < -0.3 is 14.8 Å². The van der Waals surface area contributed by atoms with Crippen molar-refractivity contribution in [1.29, 1.82) is 0 Å². The van der Waals surface area contributed by atoms with E-state index in [1.54, 1.807) is 19.2 Å². The zero-order chi connectivity index (χ0) is 17.4. The van der Waals surface area contributed by atoms with Crippen molar-refractivity contribution in [2.24, 2.45) is 5.92 Å². The van der Waals surface area contributed by atoms with Crippen molar-refractivity contribution in [3.8, 4) is 5.75 Å². The van der Waals surface area contributed by atoms with Gasteiger partial charge in [0, 0.05) is 41.5 Å². The maximum absolute atomic E-state index is 11.2. The largest absolute Gasteiger partial charge is 0.496 e. The summed E-state index contributed by atoms with van der Waals surface area (Å²) in [7, 11) is 1.59. The van der Waals surface area contributed by atoms with Gasteiger partial charge >= 0.3 is 0 Å². The van der Waals surface area contributed by atoms with Crippen LogP contribution in [0.15, 0.2) is 42.5 Å². The molecule has 0 bridgehead atoms. The average Bonchev–Trinajstić information content (AvgIpc) is 2.66. The summed E-state index contributed by atoms with van der Waals surface area (Å²) in [5, 5.41) is 14.8. The number of non-ortho nitro benzene ring substituents is 1. The number of nitro groups is 1. The molecule has 2 aliphatic rings. The third kappa shape index (κ3) is 2.72. The number of rotatable bonds is 3. The monoisotopic (exact) mass is 340 g/mol. The van der Waals surface area contributed by atoms with E-state index in [1.807, 2.05) is 18.2 Å². The van der Waals surface area contributed by atoms with Gasteiger partial charge in [0.15, 0.2) is 0 Å². The molecule has 2 aliphatic heterocycles. The fourth-order valence-electron chi connectivity index (χ4n) is 4.00. The summed E-state index contributed by atoms with van der Waals surface area (Å²) in [5.41, 5.74) is 3.06. The van der Waals surface area contributed by atoms with Crippen LogP contribution in [0, 0.1) is 16.0 Å². The Balaban J connectivity index is 1.82. The molecule has 4 rings (SSSR count). The van der Waals surface area contributed by atoms with Crippen molar-refractivity contribution in [2.45, 2.75) is 25.0 Å². The van der Waals surface area contributed by atoms with Crippen LogP contribution in [-0.2, 0) is 4.74 Å². The first kappa shape index (κ1) is 15.9. The second-order valence-corrected chi connectivity index (χ2v) is 6.49. The molecular weight excluding hydrogens is 320 g/mol. The fourth-order valence-corrected chi connectivity index (χ4v) is 4.00. The molecule has 1 fully saturated rings. The van der Waals surface area contributed by atoms with Crippen LogP contribution in [-0.4, -0.2) is 18.6 Å². The Morgan fingerprint density at radius 2 is 2.08 bits per heavy atom. The first-order valence-corrected chi connectivity index (χ1v) is 8.48. The van der Waals surface area contributed by atoms with Crippen LogP contribution in [0.1, 0.15) is 36.1 Å². The van der Waals surface area contributed by atoms with E-state index in [-0.39, 0.29) is 28.7 Å². The Labute approximate surface area is 145 Å². The summed E-state index contributed by atoms with van der Waals surface area (Å²) in [4.78, 5) is 10.9. The van der Waals surface area contributed by atoms with Crippen LogP contribution < -0.4 is 10.1 Å². The molecule has 0 aliphatic carbocycles. The first-order valence-electron chi connectivity index (χ1n) is 8.48. The average molecular weight is 340 g/mol. The molecule has 130 valence electrons. The maximum Gasteiger partial charge on any atom is 0.270 e. The third-order valence-electron chi connectivity index (χ3n) is 5.13. The molecule has 2 aromatic rings. The van der Waals surface area contributed by atoms with Gasteiger partial charge in [-0.15, -0.1) is 0 Å². The minimum Gasteiger partial charge on any atom is -0.496 e. The van der Waals surface area contributed by atoms with Crippen LogP contribution >= 0.6 is 0 Å². The highest BCUT2D eigenvalue weighted by Crippen LogP contribution is 2.50. The van der Waals surface area contributed by atoms with E-state index in [1.165, 1.54) is 6.07 Å². The highest BCUT2D eigenvalue weighted by Gasteiger charge is 2.41. The van der Waals surface area contributed by atoms with Crippen molar-refractivity contribution >= 4 is 11.4 Å². The standard InChI is InChI=1S/C19H20N2O4/c1-24-17-9-8-12(21(22)23)11-15(17)18-14-6-4-10-25-19(14)13-5-2-3-7-16(13)20-18/h2-3,5,7-9,11,14,18-20H,4,6,10H2,1H3/t14-,18-,19+/m1/s1. The van der Waals surface area contributed by atoms with Gasteiger partial charge in [-0.25, -0.2) is 0 Å². The number of nitrogens with one attached hydrogen (secondary N) is 1. The van der Waals surface area contributed by atoms with Crippen molar-refractivity contribution in [1.82, 2.24) is 0 Å². The Morgan fingerprint density at radius 1 is 1.24 bits per heavy atom. The second-order valence-electron chi connectivity index (χ2n) is 6.49. The molecule has 1 N–H and O–H groups in total. The zero-order valence-electron chi connectivity index (χ0n) is 14.0. The second kappa shape index (κ2) is 6.37. The quantitative estimate of drug-likeness (QED) is 0.668. The molecule has 0 radical (unpaired) electrons. The minimum absolute atomic E-state index is 0.000156. The summed E-state index contributed by atoms with van der Waals surface area (Å²) >= 11 is 0. The summed E-state index contributed by atoms with van der Waals surface area (Å²) in [5.74, 6) is 0.867. The number of methoxy groups -OCH3 is 1. The Hall–Kier alpha value is -2.60. The number of ether oxygens (including phenoxy) is 2. The molecule has 3 atom stereocenters. The van der Waals surface area contributed by atoms with Gasteiger partial charge in [-0.1, -0.05) is 18.2 Å². The SMILES string of the molecule is COc1ccc([N+](=O)[O-])cc1[C@@H]1Nc2ccccc2[C@@H]2OCCC[C@H]12. The van der Waals surface area contributed by atoms with Crippen molar-refractivity contribution < 1.29 is 14.4 Å². The number of nitro benzene ring substituents is 1. The third-order valence-corrected chi connectivity index (χ3v) is 5.13.